The van der Waals surface area contributed by atoms with Crippen LogP contribution in [-0.2, 0) is 11.2 Å². The Hall–Kier alpha value is -2.69. The number of rotatable bonds is 5. The molecule has 1 unspecified atom stereocenters. The van der Waals surface area contributed by atoms with E-state index in [2.05, 4.69) is 9.97 Å². The molecule has 1 aromatic heterocycles. The number of H-pyrrole nitrogens is 1. The van der Waals surface area contributed by atoms with E-state index in [1.165, 1.54) is 12.1 Å². The molecule has 3 rings (SSSR count). The Bertz CT molecular complexity index is 808. The number of aromatic nitrogens is 2. The molecular weight excluding hydrogens is 305 g/mol. The zero-order valence-electron chi connectivity index (χ0n) is 13.8. The summed E-state index contributed by atoms with van der Waals surface area (Å²) in [7, 11) is 1.77. The molecule has 124 valence electrons. The van der Waals surface area contributed by atoms with Crippen LogP contribution in [0.5, 0.6) is 0 Å². The van der Waals surface area contributed by atoms with E-state index < -0.39 is 0 Å². The van der Waals surface area contributed by atoms with Crippen LogP contribution in [0.4, 0.5) is 4.39 Å². The second kappa shape index (κ2) is 6.83. The van der Waals surface area contributed by atoms with Gasteiger partial charge in [-0.15, -0.1) is 0 Å². The third-order valence-electron chi connectivity index (χ3n) is 4.34. The molecule has 1 N–H and O–H groups in total. The number of para-hydroxylation sites is 2. The van der Waals surface area contributed by atoms with Crippen molar-refractivity contribution in [2.45, 2.75) is 25.8 Å². The van der Waals surface area contributed by atoms with Crippen LogP contribution < -0.4 is 0 Å². The average molecular weight is 325 g/mol. The summed E-state index contributed by atoms with van der Waals surface area (Å²) in [5, 5.41) is 0. The van der Waals surface area contributed by atoms with Crippen molar-refractivity contribution in [2.75, 3.05) is 7.05 Å². The van der Waals surface area contributed by atoms with Crippen LogP contribution in [-0.4, -0.2) is 27.8 Å². The zero-order valence-corrected chi connectivity index (χ0v) is 13.8. The summed E-state index contributed by atoms with van der Waals surface area (Å²) in [5.41, 5.74) is 2.80. The van der Waals surface area contributed by atoms with Crippen molar-refractivity contribution in [3.8, 4) is 0 Å². The summed E-state index contributed by atoms with van der Waals surface area (Å²) in [6, 6.07) is 14.0. The van der Waals surface area contributed by atoms with E-state index in [4.69, 9.17) is 0 Å². The molecule has 0 saturated heterocycles. The van der Waals surface area contributed by atoms with Gasteiger partial charge in [-0.1, -0.05) is 24.3 Å². The molecule has 0 aliphatic carbocycles. The molecule has 0 fully saturated rings. The highest BCUT2D eigenvalue weighted by Crippen LogP contribution is 2.20. The molecule has 0 radical (unpaired) electrons. The lowest BCUT2D eigenvalue weighted by molar-refractivity contribution is -0.131. The van der Waals surface area contributed by atoms with Crippen molar-refractivity contribution in [2.24, 2.45) is 0 Å². The lowest BCUT2D eigenvalue weighted by Gasteiger charge is -2.25. The molecule has 0 spiro atoms. The zero-order chi connectivity index (χ0) is 17.1. The molecule has 3 aromatic rings. The number of halogens is 1. The highest BCUT2D eigenvalue weighted by atomic mass is 19.1. The molecule has 4 nitrogen and oxygen atoms in total. The Balaban J connectivity index is 1.62. The van der Waals surface area contributed by atoms with Gasteiger partial charge in [0.1, 0.15) is 11.6 Å². The smallest absolute Gasteiger partial charge is 0.223 e. The van der Waals surface area contributed by atoms with Gasteiger partial charge in [-0.3, -0.25) is 4.79 Å². The molecule has 24 heavy (non-hydrogen) atoms. The fourth-order valence-electron chi connectivity index (χ4n) is 2.71. The van der Waals surface area contributed by atoms with Crippen LogP contribution in [0, 0.1) is 5.82 Å². The van der Waals surface area contributed by atoms with Crippen molar-refractivity contribution in [3.05, 3.63) is 65.7 Å². The SMILES string of the molecule is CC(c1ccc(F)cc1)N(C)C(=O)CCc1nc2ccccc2[nH]1. The summed E-state index contributed by atoms with van der Waals surface area (Å²) < 4.78 is 13.0. The van der Waals surface area contributed by atoms with Crippen molar-refractivity contribution in [1.29, 1.82) is 0 Å². The van der Waals surface area contributed by atoms with Crippen LogP contribution >= 0.6 is 0 Å². The fraction of sp³-hybridized carbons (Fsp3) is 0.263. The minimum Gasteiger partial charge on any atom is -0.342 e. The molecule has 0 aliphatic heterocycles. The molecule has 2 aromatic carbocycles. The van der Waals surface area contributed by atoms with Crippen molar-refractivity contribution < 1.29 is 9.18 Å². The number of fused-ring (bicyclic) bond motifs is 1. The van der Waals surface area contributed by atoms with Crippen LogP contribution in [0.2, 0.25) is 0 Å². The number of aryl methyl sites for hydroxylation is 1. The number of nitrogens with one attached hydrogen (secondary N) is 1. The molecule has 1 heterocycles. The highest BCUT2D eigenvalue weighted by molar-refractivity contribution is 5.77. The predicted octanol–water partition coefficient (Wildman–Crippen LogP) is 3.85. The van der Waals surface area contributed by atoms with E-state index in [0.29, 0.717) is 12.8 Å². The number of carbonyl (C=O) groups is 1. The molecule has 1 atom stereocenters. The standard InChI is InChI=1S/C19H20FN3O/c1-13(14-7-9-15(20)10-8-14)23(2)19(24)12-11-18-21-16-5-3-4-6-17(16)22-18/h3-10,13H,11-12H2,1-2H3,(H,21,22). The normalized spacial score (nSPS) is 12.3. The van der Waals surface area contributed by atoms with Crippen molar-refractivity contribution in [1.82, 2.24) is 14.9 Å². The van der Waals surface area contributed by atoms with E-state index in [0.717, 1.165) is 22.4 Å². The summed E-state index contributed by atoms with van der Waals surface area (Å²) in [4.78, 5) is 21.8. The molecule has 1 amide bonds. The van der Waals surface area contributed by atoms with Gasteiger partial charge in [-0.25, -0.2) is 9.37 Å². The van der Waals surface area contributed by atoms with E-state index in [-0.39, 0.29) is 17.8 Å². The maximum atomic E-state index is 13.0. The number of imidazole rings is 1. The molecule has 0 saturated carbocycles. The Morgan fingerprint density at radius 1 is 1.21 bits per heavy atom. The highest BCUT2D eigenvalue weighted by Gasteiger charge is 2.17. The molecule has 5 heteroatoms. The number of amides is 1. The average Bonchev–Trinajstić information content (AvgIpc) is 3.02. The third-order valence-corrected chi connectivity index (χ3v) is 4.34. The monoisotopic (exact) mass is 325 g/mol. The van der Waals surface area contributed by atoms with Crippen molar-refractivity contribution >= 4 is 16.9 Å². The van der Waals surface area contributed by atoms with E-state index >= 15 is 0 Å². The summed E-state index contributed by atoms with van der Waals surface area (Å²) in [5.74, 6) is 0.574. The van der Waals surface area contributed by atoms with Crippen molar-refractivity contribution in [3.63, 3.8) is 0 Å². The van der Waals surface area contributed by atoms with Gasteiger partial charge < -0.3 is 9.88 Å². The lowest BCUT2D eigenvalue weighted by Crippen LogP contribution is -2.29. The molecule has 0 bridgehead atoms. The Morgan fingerprint density at radius 2 is 1.92 bits per heavy atom. The largest absolute Gasteiger partial charge is 0.342 e. The quantitative estimate of drug-likeness (QED) is 0.774. The first-order valence-corrected chi connectivity index (χ1v) is 7.99. The topological polar surface area (TPSA) is 49.0 Å². The van der Waals surface area contributed by atoms with Gasteiger partial charge in [0, 0.05) is 19.9 Å². The summed E-state index contributed by atoms with van der Waals surface area (Å²) in [6.45, 7) is 1.94. The Morgan fingerprint density at radius 3 is 2.62 bits per heavy atom. The molecule has 0 aliphatic rings. The van der Waals surface area contributed by atoms with Gasteiger partial charge >= 0.3 is 0 Å². The number of carbonyl (C=O) groups excluding carboxylic acids is 1. The fourth-order valence-corrected chi connectivity index (χ4v) is 2.71. The third kappa shape index (κ3) is 3.45. The number of aromatic amines is 1. The lowest BCUT2D eigenvalue weighted by atomic mass is 10.1. The predicted molar refractivity (Wildman–Crippen MR) is 92.0 cm³/mol. The second-order valence-electron chi connectivity index (χ2n) is 5.93. The summed E-state index contributed by atoms with van der Waals surface area (Å²) in [6.07, 6.45) is 0.940. The van der Waals surface area contributed by atoms with Crippen LogP contribution in [0.1, 0.15) is 30.8 Å². The first-order chi connectivity index (χ1) is 11.5. The number of benzene rings is 2. The first kappa shape index (κ1) is 16.2. The van der Waals surface area contributed by atoms with Gasteiger partial charge in [0.05, 0.1) is 17.1 Å². The van der Waals surface area contributed by atoms with Gasteiger partial charge in [-0.05, 0) is 36.8 Å². The van der Waals surface area contributed by atoms with E-state index in [1.54, 1.807) is 24.1 Å². The number of hydrogen-bond acceptors (Lipinski definition) is 2. The summed E-state index contributed by atoms with van der Waals surface area (Å²) >= 11 is 0. The second-order valence-corrected chi connectivity index (χ2v) is 5.93. The number of hydrogen-bond donors (Lipinski definition) is 1. The Labute approximate surface area is 140 Å². The number of nitrogens with zero attached hydrogens (tertiary/aromatic N) is 2. The van der Waals surface area contributed by atoms with Crippen LogP contribution in [0.25, 0.3) is 11.0 Å². The van der Waals surface area contributed by atoms with Gasteiger partial charge in [-0.2, -0.15) is 0 Å². The Kier molecular flexibility index (Phi) is 4.60. The van der Waals surface area contributed by atoms with Gasteiger partial charge in [0.15, 0.2) is 0 Å². The van der Waals surface area contributed by atoms with Crippen LogP contribution in [0.3, 0.4) is 0 Å². The van der Waals surface area contributed by atoms with E-state index in [9.17, 15) is 9.18 Å². The minimum atomic E-state index is -0.273. The van der Waals surface area contributed by atoms with Gasteiger partial charge in [0.2, 0.25) is 5.91 Å². The first-order valence-electron chi connectivity index (χ1n) is 7.99. The van der Waals surface area contributed by atoms with E-state index in [1.807, 2.05) is 31.2 Å². The maximum Gasteiger partial charge on any atom is 0.223 e. The van der Waals surface area contributed by atoms with Gasteiger partial charge in [0.25, 0.3) is 0 Å². The molecular formula is C19H20FN3O. The maximum absolute atomic E-state index is 13.0. The minimum absolute atomic E-state index is 0.0345. The van der Waals surface area contributed by atoms with Crippen LogP contribution in [0.15, 0.2) is 48.5 Å².